The number of para-hydroxylation sites is 1. The molecule has 156 valence electrons. The van der Waals surface area contributed by atoms with E-state index in [1.165, 1.54) is 11.3 Å². The highest BCUT2D eigenvalue weighted by molar-refractivity contribution is 7.14. The second-order valence-corrected chi connectivity index (χ2v) is 8.59. The second kappa shape index (κ2) is 10.0. The molecule has 0 saturated carbocycles. The Balaban J connectivity index is 1.58. The van der Waals surface area contributed by atoms with Gasteiger partial charge in [-0.25, -0.2) is 4.98 Å². The zero-order chi connectivity index (χ0) is 20.8. The maximum atomic E-state index is 12.9. The fraction of sp³-hybridized carbons (Fsp3) is 0.450. The van der Waals surface area contributed by atoms with E-state index in [4.69, 9.17) is 11.6 Å². The molecule has 9 heteroatoms. The van der Waals surface area contributed by atoms with Gasteiger partial charge in [-0.2, -0.15) is 0 Å². The van der Waals surface area contributed by atoms with E-state index in [1.807, 2.05) is 37.2 Å². The van der Waals surface area contributed by atoms with E-state index in [1.54, 1.807) is 16.3 Å². The van der Waals surface area contributed by atoms with Gasteiger partial charge in [-0.3, -0.25) is 9.59 Å². The predicted octanol–water partition coefficient (Wildman–Crippen LogP) is 3.07. The largest absolute Gasteiger partial charge is 0.355 e. The number of rotatable bonds is 7. The molecule has 7 nitrogen and oxygen atoms in total. The van der Waals surface area contributed by atoms with E-state index in [0.717, 1.165) is 25.1 Å². The zero-order valence-corrected chi connectivity index (χ0v) is 18.2. The Kier molecular flexibility index (Phi) is 7.46. The summed E-state index contributed by atoms with van der Waals surface area (Å²) in [4.78, 5) is 33.5. The molecule has 1 aromatic heterocycles. The maximum Gasteiger partial charge on any atom is 0.273 e. The van der Waals surface area contributed by atoms with Gasteiger partial charge in [-0.1, -0.05) is 23.7 Å². The van der Waals surface area contributed by atoms with E-state index in [9.17, 15) is 9.59 Å². The van der Waals surface area contributed by atoms with Crippen molar-refractivity contribution in [2.24, 2.45) is 5.92 Å². The first-order valence-corrected chi connectivity index (χ1v) is 10.9. The van der Waals surface area contributed by atoms with Crippen molar-refractivity contribution < 1.29 is 9.59 Å². The third-order valence-electron chi connectivity index (χ3n) is 4.78. The molecule has 3 rings (SSSR count). The monoisotopic (exact) mass is 435 g/mol. The van der Waals surface area contributed by atoms with E-state index >= 15 is 0 Å². The molecule has 0 bridgehead atoms. The van der Waals surface area contributed by atoms with Gasteiger partial charge in [0.25, 0.3) is 5.91 Å². The summed E-state index contributed by atoms with van der Waals surface area (Å²) in [6.07, 6.45) is 1.61. The lowest BCUT2D eigenvalue weighted by Crippen LogP contribution is -2.46. The van der Waals surface area contributed by atoms with Crippen LogP contribution in [0.2, 0.25) is 5.02 Å². The molecule has 0 aliphatic carbocycles. The number of halogens is 1. The number of amides is 2. The van der Waals surface area contributed by atoms with Crippen molar-refractivity contribution in [3.05, 3.63) is 40.4 Å². The number of carbonyl (C=O) groups is 2. The zero-order valence-electron chi connectivity index (χ0n) is 16.7. The van der Waals surface area contributed by atoms with Crippen molar-refractivity contribution in [2.45, 2.75) is 12.8 Å². The molecule has 2 N–H and O–H groups in total. The van der Waals surface area contributed by atoms with Crippen molar-refractivity contribution in [1.29, 1.82) is 0 Å². The summed E-state index contributed by atoms with van der Waals surface area (Å²) in [5.74, 6) is -0.294. The SMILES string of the molecule is CN(C)CCNC(=O)C1CCCN(C(=O)c2csc(Nc3ccccc3Cl)n2)C1. The first-order valence-electron chi connectivity index (χ1n) is 9.63. The van der Waals surface area contributed by atoms with Crippen LogP contribution in [0.1, 0.15) is 23.3 Å². The van der Waals surface area contributed by atoms with Crippen LogP contribution in [0, 0.1) is 5.92 Å². The lowest BCUT2D eigenvalue weighted by Gasteiger charge is -2.31. The summed E-state index contributed by atoms with van der Waals surface area (Å²) >= 11 is 7.52. The van der Waals surface area contributed by atoms with Crippen molar-refractivity contribution in [1.82, 2.24) is 20.1 Å². The Bertz CT molecular complexity index is 857. The van der Waals surface area contributed by atoms with Crippen molar-refractivity contribution in [3.63, 3.8) is 0 Å². The number of nitrogens with zero attached hydrogens (tertiary/aromatic N) is 3. The van der Waals surface area contributed by atoms with Gasteiger partial charge in [0, 0.05) is 31.6 Å². The number of anilines is 2. The van der Waals surface area contributed by atoms with Crippen LogP contribution in [-0.2, 0) is 4.79 Å². The fourth-order valence-corrected chi connectivity index (χ4v) is 4.07. The van der Waals surface area contributed by atoms with E-state index < -0.39 is 0 Å². The van der Waals surface area contributed by atoms with Crippen LogP contribution in [0.5, 0.6) is 0 Å². The molecule has 1 aromatic carbocycles. The summed E-state index contributed by atoms with van der Waals surface area (Å²) in [5, 5.41) is 9.05. The van der Waals surface area contributed by atoms with E-state index in [2.05, 4.69) is 15.6 Å². The number of likely N-dealkylation sites (N-methyl/N-ethyl adjacent to an activating group) is 1. The quantitative estimate of drug-likeness (QED) is 0.698. The highest BCUT2D eigenvalue weighted by atomic mass is 35.5. The number of carbonyl (C=O) groups excluding carboxylic acids is 2. The number of hydrogen-bond donors (Lipinski definition) is 2. The van der Waals surface area contributed by atoms with Crippen LogP contribution < -0.4 is 10.6 Å². The third kappa shape index (κ3) is 5.91. The standard InChI is InChI=1S/C20H26ClN5O2S/c1-25(2)11-9-22-18(27)14-6-5-10-26(12-14)19(28)17-13-29-20(24-17)23-16-8-4-3-7-15(16)21/h3-4,7-8,13-14H,5-6,9-12H2,1-2H3,(H,22,27)(H,23,24). The first kappa shape index (κ1) is 21.5. The lowest BCUT2D eigenvalue weighted by molar-refractivity contribution is -0.126. The van der Waals surface area contributed by atoms with Gasteiger partial charge >= 0.3 is 0 Å². The lowest BCUT2D eigenvalue weighted by atomic mass is 9.97. The second-order valence-electron chi connectivity index (χ2n) is 7.33. The van der Waals surface area contributed by atoms with E-state index in [0.29, 0.717) is 35.5 Å². The Hall–Kier alpha value is -2.16. The molecule has 2 amide bonds. The number of likely N-dealkylation sites (tertiary alicyclic amines) is 1. The number of thiazole rings is 1. The van der Waals surface area contributed by atoms with Crippen LogP contribution in [-0.4, -0.2) is 66.9 Å². The average molecular weight is 436 g/mol. The third-order valence-corrected chi connectivity index (χ3v) is 5.86. The summed E-state index contributed by atoms with van der Waals surface area (Å²) in [6.45, 7) is 2.48. The Morgan fingerprint density at radius 1 is 1.34 bits per heavy atom. The normalized spacial score (nSPS) is 16.7. The molecule has 1 fully saturated rings. The highest BCUT2D eigenvalue weighted by Crippen LogP contribution is 2.27. The van der Waals surface area contributed by atoms with Crippen LogP contribution >= 0.6 is 22.9 Å². The fourth-order valence-electron chi connectivity index (χ4n) is 3.19. The van der Waals surface area contributed by atoms with Crippen molar-refractivity contribution in [3.8, 4) is 0 Å². The number of aromatic nitrogens is 1. The Labute approximate surface area is 180 Å². The number of benzene rings is 1. The first-order chi connectivity index (χ1) is 13.9. The molecule has 2 aromatic rings. The number of hydrogen-bond acceptors (Lipinski definition) is 6. The topological polar surface area (TPSA) is 77.6 Å². The van der Waals surface area contributed by atoms with Gasteiger partial charge in [0.1, 0.15) is 5.69 Å². The summed E-state index contributed by atoms with van der Waals surface area (Å²) in [7, 11) is 3.94. The van der Waals surface area contributed by atoms with Crippen LogP contribution in [0.3, 0.4) is 0 Å². The maximum absolute atomic E-state index is 12.9. The van der Waals surface area contributed by atoms with Crippen LogP contribution in [0.15, 0.2) is 29.6 Å². The summed E-state index contributed by atoms with van der Waals surface area (Å²) < 4.78 is 0. The van der Waals surface area contributed by atoms with Gasteiger partial charge in [0.2, 0.25) is 5.91 Å². The minimum atomic E-state index is -0.172. The van der Waals surface area contributed by atoms with Crippen LogP contribution in [0.4, 0.5) is 10.8 Å². The molecule has 1 unspecified atom stereocenters. The predicted molar refractivity (Wildman–Crippen MR) is 117 cm³/mol. The van der Waals surface area contributed by atoms with Gasteiger partial charge in [0.15, 0.2) is 5.13 Å². The highest BCUT2D eigenvalue weighted by Gasteiger charge is 2.29. The average Bonchev–Trinajstić information content (AvgIpc) is 3.17. The Morgan fingerprint density at radius 3 is 2.90 bits per heavy atom. The molecular weight excluding hydrogens is 410 g/mol. The molecular formula is C20H26ClN5O2S. The molecule has 1 atom stereocenters. The molecule has 1 saturated heterocycles. The van der Waals surface area contributed by atoms with Gasteiger partial charge in [-0.05, 0) is 39.1 Å². The number of piperidine rings is 1. The van der Waals surface area contributed by atoms with Gasteiger partial charge in [0.05, 0.1) is 16.6 Å². The molecule has 1 aliphatic heterocycles. The van der Waals surface area contributed by atoms with Crippen molar-refractivity contribution in [2.75, 3.05) is 45.6 Å². The summed E-state index contributed by atoms with van der Waals surface area (Å²) in [5.41, 5.74) is 1.13. The van der Waals surface area contributed by atoms with Crippen LogP contribution in [0.25, 0.3) is 0 Å². The molecule has 2 heterocycles. The number of nitrogens with one attached hydrogen (secondary N) is 2. The minimum absolute atomic E-state index is 0.0173. The van der Waals surface area contributed by atoms with Crippen molar-refractivity contribution >= 4 is 45.6 Å². The summed E-state index contributed by atoms with van der Waals surface area (Å²) in [6, 6.07) is 7.38. The molecule has 0 radical (unpaired) electrons. The smallest absolute Gasteiger partial charge is 0.273 e. The Morgan fingerprint density at radius 2 is 2.14 bits per heavy atom. The minimum Gasteiger partial charge on any atom is -0.355 e. The molecule has 1 aliphatic rings. The van der Waals surface area contributed by atoms with Gasteiger partial charge < -0.3 is 20.4 Å². The van der Waals surface area contributed by atoms with E-state index in [-0.39, 0.29) is 17.7 Å². The molecule has 29 heavy (non-hydrogen) atoms. The van der Waals surface area contributed by atoms with Gasteiger partial charge in [-0.15, -0.1) is 11.3 Å². The molecule has 0 spiro atoms.